The van der Waals surface area contributed by atoms with Crippen LogP contribution in [0.3, 0.4) is 0 Å². The molecule has 0 N–H and O–H groups in total. The lowest BCUT2D eigenvalue weighted by Crippen LogP contribution is -1.96. The highest BCUT2D eigenvalue weighted by Crippen LogP contribution is 2.13. The third-order valence-corrected chi connectivity index (χ3v) is 5.25. The van der Waals surface area contributed by atoms with Crippen molar-refractivity contribution in [2.45, 2.75) is 84.5 Å². The van der Waals surface area contributed by atoms with Crippen LogP contribution in [0.5, 0.6) is 5.75 Å². The summed E-state index contributed by atoms with van der Waals surface area (Å²) in [7, 11) is 0. The Balaban J connectivity index is 1.74. The molecule has 0 bridgehead atoms. The predicted octanol–water partition coefficient (Wildman–Crippen LogP) is 8.15. The van der Waals surface area contributed by atoms with Gasteiger partial charge in [0.1, 0.15) is 5.75 Å². The number of rotatable bonds is 12. The van der Waals surface area contributed by atoms with E-state index in [1.807, 2.05) is 24.3 Å². The zero-order valence-corrected chi connectivity index (χ0v) is 19.5. The van der Waals surface area contributed by atoms with Crippen LogP contribution in [0.15, 0.2) is 48.5 Å². The second-order valence-electron chi connectivity index (χ2n) is 8.08. The molecule has 0 fully saturated rings. The van der Waals surface area contributed by atoms with Gasteiger partial charge in [-0.05, 0) is 61.4 Å². The van der Waals surface area contributed by atoms with Crippen LogP contribution >= 0.6 is 0 Å². The molecule has 0 heterocycles. The Morgan fingerprint density at radius 2 is 1.03 bits per heavy atom. The molecule has 0 aliphatic heterocycles. The van der Waals surface area contributed by atoms with Crippen molar-refractivity contribution < 1.29 is 4.74 Å². The van der Waals surface area contributed by atoms with Gasteiger partial charge in [-0.1, -0.05) is 88.9 Å². The fourth-order valence-corrected chi connectivity index (χ4v) is 3.29. The number of ether oxygens (including phenoxy) is 1. The van der Waals surface area contributed by atoms with Gasteiger partial charge in [-0.3, -0.25) is 0 Å². The Morgan fingerprint density at radius 3 is 1.65 bits per heavy atom. The quantitative estimate of drug-likeness (QED) is 0.251. The smallest absolute Gasteiger partial charge is 0.119 e. The molecular formula is C30H38O. The number of hydrogen-bond acceptors (Lipinski definition) is 1. The van der Waals surface area contributed by atoms with Crippen LogP contribution in [-0.4, -0.2) is 6.61 Å². The molecule has 31 heavy (non-hydrogen) atoms. The minimum atomic E-state index is 0.791. The van der Waals surface area contributed by atoms with Crippen LogP contribution in [0, 0.1) is 23.7 Å². The fraction of sp³-hybridized carbons (Fsp3) is 0.467. The van der Waals surface area contributed by atoms with Crippen molar-refractivity contribution in [3.05, 3.63) is 65.2 Å². The van der Waals surface area contributed by atoms with Crippen LogP contribution in [-0.2, 0) is 0 Å². The molecule has 1 nitrogen and oxygen atoms in total. The molecule has 0 aromatic heterocycles. The van der Waals surface area contributed by atoms with E-state index in [9.17, 15) is 0 Å². The molecule has 0 spiro atoms. The minimum absolute atomic E-state index is 0.791. The van der Waals surface area contributed by atoms with Crippen molar-refractivity contribution in [3.63, 3.8) is 0 Å². The molecule has 2 aromatic rings. The lowest BCUT2D eigenvalue weighted by Gasteiger charge is -2.05. The van der Waals surface area contributed by atoms with E-state index in [0.29, 0.717) is 0 Å². The second kappa shape index (κ2) is 16.1. The van der Waals surface area contributed by atoms with E-state index in [-0.39, 0.29) is 0 Å². The Kier molecular flexibility index (Phi) is 12.8. The summed E-state index contributed by atoms with van der Waals surface area (Å²) < 4.78 is 5.79. The summed E-state index contributed by atoms with van der Waals surface area (Å²) in [6.45, 7) is 5.27. The van der Waals surface area contributed by atoms with Gasteiger partial charge in [-0.25, -0.2) is 0 Å². The van der Waals surface area contributed by atoms with Crippen molar-refractivity contribution in [1.82, 2.24) is 0 Å². The molecule has 0 radical (unpaired) electrons. The zero-order chi connectivity index (χ0) is 22.0. The second-order valence-corrected chi connectivity index (χ2v) is 8.08. The first-order valence-electron chi connectivity index (χ1n) is 12.2. The largest absolute Gasteiger partial charge is 0.494 e. The van der Waals surface area contributed by atoms with Crippen molar-refractivity contribution in [3.8, 4) is 29.4 Å². The van der Waals surface area contributed by atoms with Gasteiger partial charge in [0.25, 0.3) is 0 Å². The average Bonchev–Trinajstić information content (AvgIpc) is 2.81. The Labute approximate surface area is 190 Å². The van der Waals surface area contributed by atoms with Crippen molar-refractivity contribution in [2.75, 3.05) is 6.61 Å². The van der Waals surface area contributed by atoms with E-state index >= 15 is 0 Å². The maximum absolute atomic E-state index is 5.79. The molecule has 164 valence electrons. The molecule has 0 aliphatic carbocycles. The topological polar surface area (TPSA) is 9.23 Å². The summed E-state index contributed by atoms with van der Waals surface area (Å²) in [6.07, 6.45) is 13.8. The summed E-state index contributed by atoms with van der Waals surface area (Å²) >= 11 is 0. The van der Waals surface area contributed by atoms with E-state index in [2.05, 4.69) is 61.8 Å². The summed E-state index contributed by atoms with van der Waals surface area (Å²) in [6, 6.07) is 16.3. The van der Waals surface area contributed by atoms with E-state index in [1.165, 1.54) is 57.8 Å². The molecular weight excluding hydrogens is 376 g/mol. The van der Waals surface area contributed by atoms with Gasteiger partial charge < -0.3 is 4.74 Å². The van der Waals surface area contributed by atoms with Gasteiger partial charge in [0.05, 0.1) is 6.61 Å². The first-order valence-corrected chi connectivity index (χ1v) is 12.2. The maximum Gasteiger partial charge on any atom is 0.119 e. The van der Waals surface area contributed by atoms with Crippen LogP contribution < -0.4 is 4.74 Å². The highest BCUT2D eigenvalue weighted by molar-refractivity contribution is 5.46. The molecule has 0 unspecified atom stereocenters. The highest BCUT2D eigenvalue weighted by atomic mass is 16.5. The monoisotopic (exact) mass is 414 g/mol. The van der Waals surface area contributed by atoms with Crippen molar-refractivity contribution in [1.29, 1.82) is 0 Å². The van der Waals surface area contributed by atoms with Gasteiger partial charge in [0, 0.05) is 23.1 Å². The first kappa shape index (κ1) is 24.6. The molecule has 2 rings (SSSR count). The van der Waals surface area contributed by atoms with E-state index in [4.69, 9.17) is 4.74 Å². The summed E-state index contributed by atoms with van der Waals surface area (Å²) in [5, 5.41) is 0. The number of benzene rings is 2. The minimum Gasteiger partial charge on any atom is -0.494 e. The van der Waals surface area contributed by atoms with Gasteiger partial charge >= 0.3 is 0 Å². The van der Waals surface area contributed by atoms with Crippen LogP contribution in [0.25, 0.3) is 0 Å². The molecule has 0 atom stereocenters. The van der Waals surface area contributed by atoms with Crippen LogP contribution in [0.4, 0.5) is 0 Å². The van der Waals surface area contributed by atoms with Crippen LogP contribution in [0.2, 0.25) is 0 Å². The zero-order valence-electron chi connectivity index (χ0n) is 19.5. The predicted molar refractivity (Wildman–Crippen MR) is 133 cm³/mol. The SMILES string of the molecule is CCCCCCCCC#Cc1ccc(C#Cc2ccc(OCCCCCC)cc2)cc1. The normalized spacial score (nSPS) is 10.0. The summed E-state index contributed by atoms with van der Waals surface area (Å²) in [5.41, 5.74) is 3.08. The maximum atomic E-state index is 5.79. The molecule has 0 aliphatic rings. The number of hydrogen-bond donors (Lipinski definition) is 0. The third-order valence-electron chi connectivity index (χ3n) is 5.25. The lowest BCUT2D eigenvalue weighted by molar-refractivity contribution is 0.305. The van der Waals surface area contributed by atoms with Crippen LogP contribution in [0.1, 0.15) is 101 Å². The molecule has 0 saturated heterocycles. The summed E-state index contributed by atoms with van der Waals surface area (Å²) in [4.78, 5) is 0. The highest BCUT2D eigenvalue weighted by Gasteiger charge is 1.95. The van der Waals surface area contributed by atoms with E-state index < -0.39 is 0 Å². The molecule has 0 saturated carbocycles. The Hall–Kier alpha value is -2.64. The van der Waals surface area contributed by atoms with Gasteiger partial charge in [0.15, 0.2) is 0 Å². The third kappa shape index (κ3) is 11.4. The van der Waals surface area contributed by atoms with Gasteiger partial charge in [0.2, 0.25) is 0 Å². The van der Waals surface area contributed by atoms with Crippen molar-refractivity contribution in [2.24, 2.45) is 0 Å². The summed E-state index contributed by atoms with van der Waals surface area (Å²) in [5.74, 6) is 14.0. The molecule has 2 aromatic carbocycles. The average molecular weight is 415 g/mol. The lowest BCUT2D eigenvalue weighted by atomic mass is 10.1. The number of unbranched alkanes of at least 4 members (excludes halogenated alkanes) is 9. The Bertz CT molecular complexity index is 838. The van der Waals surface area contributed by atoms with Gasteiger partial charge in [-0.15, -0.1) is 0 Å². The molecule has 0 amide bonds. The van der Waals surface area contributed by atoms with E-state index in [1.54, 1.807) is 0 Å². The molecule has 1 heteroatoms. The Morgan fingerprint density at radius 1 is 0.548 bits per heavy atom. The van der Waals surface area contributed by atoms with Crippen molar-refractivity contribution >= 4 is 0 Å². The fourth-order valence-electron chi connectivity index (χ4n) is 3.29. The standard InChI is InChI=1S/C30H38O/c1-3-5-7-9-10-11-12-13-15-27-16-18-28(19-17-27)20-21-29-22-24-30(25-23-29)31-26-14-8-6-4-2/h16-19,22-25H,3-12,14,26H2,1-2H3. The van der Waals surface area contributed by atoms with Gasteiger partial charge in [-0.2, -0.15) is 0 Å². The first-order chi connectivity index (χ1) is 15.3. The van der Waals surface area contributed by atoms with E-state index in [0.717, 1.165) is 41.9 Å².